The Morgan fingerprint density at radius 1 is 1.10 bits per heavy atom. The predicted octanol–water partition coefficient (Wildman–Crippen LogP) is 3.38. The minimum atomic E-state index is 0.0833. The van der Waals surface area contributed by atoms with Gasteiger partial charge in [0.25, 0.3) is 0 Å². The van der Waals surface area contributed by atoms with E-state index >= 15 is 0 Å². The lowest BCUT2D eigenvalue weighted by Gasteiger charge is -2.25. The van der Waals surface area contributed by atoms with Gasteiger partial charge < -0.3 is 10.1 Å². The molecule has 0 radical (unpaired) electrons. The highest BCUT2D eigenvalue weighted by Crippen LogP contribution is 2.21. The van der Waals surface area contributed by atoms with Gasteiger partial charge in [-0.25, -0.2) is 0 Å². The number of ether oxygens (including phenoxy) is 1. The van der Waals surface area contributed by atoms with E-state index in [9.17, 15) is 0 Å². The molecule has 0 saturated heterocycles. The Balaban J connectivity index is 1.88. The summed E-state index contributed by atoms with van der Waals surface area (Å²) in [6.45, 7) is 5.82. The summed E-state index contributed by atoms with van der Waals surface area (Å²) in [4.78, 5) is 4.34. The van der Waals surface area contributed by atoms with Gasteiger partial charge >= 0.3 is 0 Å². The molecule has 2 unspecified atom stereocenters. The molecule has 1 aromatic heterocycles. The topological polar surface area (TPSA) is 34.1 Å². The summed E-state index contributed by atoms with van der Waals surface area (Å²) in [6.07, 6.45) is 2.85. The number of benzene rings is 1. The summed E-state index contributed by atoms with van der Waals surface area (Å²) in [7, 11) is 0. The number of nitrogens with zero attached hydrogens (tertiary/aromatic N) is 1. The molecule has 2 atom stereocenters. The highest BCUT2D eigenvalue weighted by molar-refractivity contribution is 5.19. The van der Waals surface area contributed by atoms with Crippen molar-refractivity contribution in [3.8, 4) is 0 Å². The standard InChI is InChI=1S/C18H24N2O/c1-3-21-18(16-9-5-4-6-10-16)15(2)19-14-12-17-11-7-8-13-20-17/h4-11,13,15,18-19H,3,12,14H2,1-2H3. The number of aromatic nitrogens is 1. The molecule has 2 rings (SSSR count). The number of nitrogens with one attached hydrogen (secondary N) is 1. The van der Waals surface area contributed by atoms with Crippen molar-refractivity contribution in [2.24, 2.45) is 0 Å². The van der Waals surface area contributed by atoms with E-state index in [-0.39, 0.29) is 12.1 Å². The second-order valence-electron chi connectivity index (χ2n) is 5.10. The fraction of sp³-hybridized carbons (Fsp3) is 0.389. The molecule has 3 nitrogen and oxygen atoms in total. The van der Waals surface area contributed by atoms with Crippen LogP contribution in [0.1, 0.15) is 31.2 Å². The molecular formula is C18H24N2O. The number of pyridine rings is 1. The van der Waals surface area contributed by atoms with E-state index in [0.29, 0.717) is 6.61 Å². The van der Waals surface area contributed by atoms with Crippen LogP contribution in [0.25, 0.3) is 0 Å². The van der Waals surface area contributed by atoms with Crippen LogP contribution < -0.4 is 5.32 Å². The van der Waals surface area contributed by atoms with Gasteiger partial charge in [0.2, 0.25) is 0 Å². The summed E-state index contributed by atoms with van der Waals surface area (Å²) >= 11 is 0. The van der Waals surface area contributed by atoms with Gasteiger partial charge in [-0.05, 0) is 31.5 Å². The zero-order chi connectivity index (χ0) is 14.9. The van der Waals surface area contributed by atoms with Crippen molar-refractivity contribution in [3.63, 3.8) is 0 Å². The smallest absolute Gasteiger partial charge is 0.0974 e. The first-order chi connectivity index (χ1) is 10.3. The third kappa shape index (κ3) is 4.96. The Morgan fingerprint density at radius 2 is 1.86 bits per heavy atom. The molecule has 0 spiro atoms. The largest absolute Gasteiger partial charge is 0.372 e. The minimum Gasteiger partial charge on any atom is -0.372 e. The van der Waals surface area contributed by atoms with E-state index in [1.54, 1.807) is 0 Å². The molecule has 0 aliphatic heterocycles. The van der Waals surface area contributed by atoms with Crippen LogP contribution in [0.4, 0.5) is 0 Å². The summed E-state index contributed by atoms with van der Waals surface area (Å²) in [6, 6.07) is 16.7. The van der Waals surface area contributed by atoms with Crippen molar-refractivity contribution >= 4 is 0 Å². The number of hydrogen-bond acceptors (Lipinski definition) is 3. The van der Waals surface area contributed by atoms with Crippen LogP contribution in [0.2, 0.25) is 0 Å². The quantitative estimate of drug-likeness (QED) is 0.807. The molecule has 1 aromatic carbocycles. The van der Waals surface area contributed by atoms with Gasteiger partial charge in [-0.1, -0.05) is 36.4 Å². The molecule has 1 N–H and O–H groups in total. The molecule has 21 heavy (non-hydrogen) atoms. The zero-order valence-corrected chi connectivity index (χ0v) is 12.8. The van der Waals surface area contributed by atoms with Crippen LogP contribution in [-0.4, -0.2) is 24.2 Å². The first-order valence-electron chi connectivity index (χ1n) is 7.61. The molecule has 1 heterocycles. The number of rotatable bonds is 8. The molecular weight excluding hydrogens is 260 g/mol. The van der Waals surface area contributed by atoms with Crippen LogP contribution in [0, 0.1) is 0 Å². The van der Waals surface area contributed by atoms with Gasteiger partial charge in [-0.15, -0.1) is 0 Å². The predicted molar refractivity (Wildman–Crippen MR) is 86.2 cm³/mol. The monoisotopic (exact) mass is 284 g/mol. The molecule has 2 aromatic rings. The maximum atomic E-state index is 5.91. The van der Waals surface area contributed by atoms with E-state index in [0.717, 1.165) is 18.7 Å². The molecule has 0 fully saturated rings. The van der Waals surface area contributed by atoms with Crippen molar-refractivity contribution < 1.29 is 4.74 Å². The van der Waals surface area contributed by atoms with Gasteiger partial charge in [0.1, 0.15) is 0 Å². The second-order valence-corrected chi connectivity index (χ2v) is 5.10. The van der Waals surface area contributed by atoms with Crippen molar-refractivity contribution in [1.29, 1.82) is 0 Å². The Bertz CT molecular complexity index is 501. The minimum absolute atomic E-state index is 0.0833. The molecule has 0 aliphatic carbocycles. The lowest BCUT2D eigenvalue weighted by atomic mass is 10.0. The molecule has 0 amide bonds. The average molecular weight is 284 g/mol. The van der Waals surface area contributed by atoms with Gasteiger partial charge in [-0.2, -0.15) is 0 Å². The van der Waals surface area contributed by atoms with Crippen molar-refractivity contribution in [1.82, 2.24) is 10.3 Å². The Labute approximate surface area is 127 Å². The normalized spacial score (nSPS) is 13.8. The fourth-order valence-electron chi connectivity index (χ4n) is 2.43. The average Bonchev–Trinajstić information content (AvgIpc) is 2.54. The van der Waals surface area contributed by atoms with Gasteiger partial charge in [-0.3, -0.25) is 4.98 Å². The van der Waals surface area contributed by atoms with Gasteiger partial charge in [0.05, 0.1) is 6.10 Å². The van der Waals surface area contributed by atoms with Crippen molar-refractivity contribution in [2.45, 2.75) is 32.4 Å². The highest BCUT2D eigenvalue weighted by Gasteiger charge is 2.18. The van der Waals surface area contributed by atoms with Crippen LogP contribution >= 0.6 is 0 Å². The fourth-order valence-corrected chi connectivity index (χ4v) is 2.43. The maximum Gasteiger partial charge on any atom is 0.0974 e. The summed E-state index contributed by atoms with van der Waals surface area (Å²) in [5.74, 6) is 0. The number of hydrogen-bond donors (Lipinski definition) is 1. The third-order valence-corrected chi connectivity index (χ3v) is 3.50. The molecule has 0 saturated carbocycles. The molecule has 3 heteroatoms. The van der Waals surface area contributed by atoms with Crippen LogP contribution in [0.15, 0.2) is 54.7 Å². The lowest BCUT2D eigenvalue weighted by molar-refractivity contribution is 0.0381. The Kier molecular flexibility index (Phi) is 6.38. The van der Waals surface area contributed by atoms with E-state index in [1.165, 1.54) is 5.56 Å². The van der Waals surface area contributed by atoms with Crippen LogP contribution in [0.5, 0.6) is 0 Å². The van der Waals surface area contributed by atoms with Crippen molar-refractivity contribution in [3.05, 3.63) is 66.0 Å². The molecule has 0 bridgehead atoms. The molecule has 0 aliphatic rings. The van der Waals surface area contributed by atoms with Gasteiger partial charge in [0, 0.05) is 37.5 Å². The summed E-state index contributed by atoms with van der Waals surface area (Å²) in [5.41, 5.74) is 2.34. The lowest BCUT2D eigenvalue weighted by Crippen LogP contribution is -2.35. The van der Waals surface area contributed by atoms with E-state index in [2.05, 4.69) is 47.6 Å². The van der Waals surface area contributed by atoms with Gasteiger partial charge in [0.15, 0.2) is 0 Å². The Hall–Kier alpha value is -1.71. The summed E-state index contributed by atoms with van der Waals surface area (Å²) < 4.78 is 5.91. The van der Waals surface area contributed by atoms with Crippen molar-refractivity contribution in [2.75, 3.05) is 13.2 Å². The van der Waals surface area contributed by atoms with Crippen LogP contribution in [-0.2, 0) is 11.2 Å². The van der Waals surface area contributed by atoms with E-state index in [1.807, 2.05) is 31.3 Å². The SMILES string of the molecule is CCOC(c1ccccc1)C(C)NCCc1ccccn1. The molecule has 112 valence electrons. The summed E-state index contributed by atoms with van der Waals surface area (Å²) in [5, 5.41) is 3.55. The maximum absolute atomic E-state index is 5.91. The highest BCUT2D eigenvalue weighted by atomic mass is 16.5. The zero-order valence-electron chi connectivity index (χ0n) is 12.8. The van der Waals surface area contributed by atoms with E-state index < -0.39 is 0 Å². The third-order valence-electron chi connectivity index (χ3n) is 3.50. The van der Waals surface area contributed by atoms with Crippen LogP contribution in [0.3, 0.4) is 0 Å². The Morgan fingerprint density at radius 3 is 2.52 bits per heavy atom. The first-order valence-corrected chi connectivity index (χ1v) is 7.61. The second kappa shape index (κ2) is 8.55. The van der Waals surface area contributed by atoms with E-state index in [4.69, 9.17) is 4.74 Å². The first kappa shape index (κ1) is 15.7.